The molecular formula is C14H16F2N2OS. The van der Waals surface area contributed by atoms with Crippen LogP contribution in [0.2, 0.25) is 0 Å². The van der Waals surface area contributed by atoms with E-state index in [9.17, 15) is 13.9 Å². The molecule has 6 heteroatoms. The number of hydrogen-bond donors (Lipinski definition) is 1. The lowest BCUT2D eigenvalue weighted by Crippen LogP contribution is -2.04. The van der Waals surface area contributed by atoms with Crippen molar-refractivity contribution in [2.45, 2.75) is 37.4 Å². The largest absolute Gasteiger partial charge is 0.390 e. The molecule has 1 aromatic carbocycles. The molecule has 2 rings (SSSR count). The average Bonchev–Trinajstić information content (AvgIpc) is 2.83. The van der Waals surface area contributed by atoms with Gasteiger partial charge < -0.3 is 9.67 Å². The number of imidazole rings is 1. The summed E-state index contributed by atoms with van der Waals surface area (Å²) >= 11 is 1.33. The maximum Gasteiger partial charge on any atom is 0.168 e. The zero-order chi connectivity index (χ0) is 14.5. The van der Waals surface area contributed by atoms with Gasteiger partial charge in [0.15, 0.2) is 16.8 Å². The minimum atomic E-state index is -0.837. The van der Waals surface area contributed by atoms with E-state index in [0.29, 0.717) is 16.5 Å². The van der Waals surface area contributed by atoms with Crippen LogP contribution in [0.15, 0.2) is 29.6 Å². The maximum absolute atomic E-state index is 13.6. The maximum atomic E-state index is 13.6. The number of thioether (sulfide) groups is 1. The van der Waals surface area contributed by atoms with E-state index in [2.05, 4.69) is 4.98 Å². The highest BCUT2D eigenvalue weighted by atomic mass is 32.2. The fourth-order valence-corrected chi connectivity index (χ4v) is 2.90. The molecule has 0 aliphatic carbocycles. The summed E-state index contributed by atoms with van der Waals surface area (Å²) in [5.74, 6) is -1.35. The molecule has 0 fully saturated rings. The van der Waals surface area contributed by atoms with Gasteiger partial charge in [-0.3, -0.25) is 0 Å². The quantitative estimate of drug-likeness (QED) is 0.831. The van der Waals surface area contributed by atoms with Gasteiger partial charge in [-0.05, 0) is 12.5 Å². The smallest absolute Gasteiger partial charge is 0.168 e. The summed E-state index contributed by atoms with van der Waals surface area (Å²) in [4.78, 5) is 4.22. The van der Waals surface area contributed by atoms with E-state index in [0.717, 1.165) is 24.7 Å². The lowest BCUT2D eigenvalue weighted by molar-refractivity contribution is 0.269. The number of aliphatic hydroxyl groups excluding tert-OH is 1. The fraction of sp³-hybridized carbons (Fsp3) is 0.357. The number of rotatable bonds is 6. The average molecular weight is 298 g/mol. The molecular weight excluding hydrogens is 282 g/mol. The molecule has 2 aromatic rings. The number of hydrogen-bond acceptors (Lipinski definition) is 3. The molecule has 0 atom stereocenters. The summed E-state index contributed by atoms with van der Waals surface area (Å²) in [6, 6.07) is 4.16. The van der Waals surface area contributed by atoms with Crippen molar-refractivity contribution in [2.24, 2.45) is 0 Å². The van der Waals surface area contributed by atoms with Crippen LogP contribution in [-0.4, -0.2) is 14.7 Å². The predicted molar refractivity (Wildman–Crippen MR) is 74.4 cm³/mol. The van der Waals surface area contributed by atoms with Crippen LogP contribution in [-0.2, 0) is 18.9 Å². The highest BCUT2D eigenvalue weighted by molar-refractivity contribution is 7.98. The molecule has 3 nitrogen and oxygen atoms in total. The Morgan fingerprint density at radius 2 is 2.15 bits per heavy atom. The van der Waals surface area contributed by atoms with Gasteiger partial charge in [0.1, 0.15) is 0 Å². The highest BCUT2D eigenvalue weighted by Crippen LogP contribution is 2.25. The SMILES string of the molecule is CCCn1c(CO)cnc1SCc1cccc(F)c1F. The lowest BCUT2D eigenvalue weighted by atomic mass is 10.2. The van der Waals surface area contributed by atoms with Crippen LogP contribution in [0.1, 0.15) is 24.6 Å². The van der Waals surface area contributed by atoms with E-state index in [1.165, 1.54) is 17.8 Å². The first-order chi connectivity index (χ1) is 9.67. The molecule has 20 heavy (non-hydrogen) atoms. The van der Waals surface area contributed by atoms with Crippen LogP contribution < -0.4 is 0 Å². The first kappa shape index (κ1) is 15.0. The second-order valence-electron chi connectivity index (χ2n) is 4.34. The second kappa shape index (κ2) is 6.85. The van der Waals surface area contributed by atoms with Crippen molar-refractivity contribution < 1.29 is 13.9 Å². The van der Waals surface area contributed by atoms with Crippen LogP contribution in [0.5, 0.6) is 0 Å². The van der Waals surface area contributed by atoms with Crippen LogP contribution in [0, 0.1) is 11.6 Å². The first-order valence-electron chi connectivity index (χ1n) is 6.38. The lowest BCUT2D eigenvalue weighted by Gasteiger charge is -2.09. The number of halogens is 2. The zero-order valence-corrected chi connectivity index (χ0v) is 12.0. The monoisotopic (exact) mass is 298 g/mol. The van der Waals surface area contributed by atoms with Gasteiger partial charge in [0.25, 0.3) is 0 Å². The van der Waals surface area contributed by atoms with Gasteiger partial charge in [-0.25, -0.2) is 13.8 Å². The molecule has 1 heterocycles. The number of nitrogens with zero attached hydrogens (tertiary/aromatic N) is 2. The standard InChI is InChI=1S/C14H16F2N2OS/c1-2-6-18-11(8-19)7-17-14(18)20-9-10-4-3-5-12(15)13(10)16/h3-5,7,19H,2,6,8-9H2,1H3. The first-order valence-corrected chi connectivity index (χ1v) is 7.36. The molecule has 1 N–H and O–H groups in total. The predicted octanol–water partition coefficient (Wildman–Crippen LogP) is 3.36. The normalized spacial score (nSPS) is 11.0. The van der Waals surface area contributed by atoms with E-state index in [1.54, 1.807) is 12.3 Å². The fourth-order valence-electron chi connectivity index (χ4n) is 1.90. The van der Waals surface area contributed by atoms with Crippen molar-refractivity contribution in [1.82, 2.24) is 9.55 Å². The molecule has 0 unspecified atom stereocenters. The minimum Gasteiger partial charge on any atom is -0.390 e. The van der Waals surface area contributed by atoms with Gasteiger partial charge in [0.05, 0.1) is 18.5 Å². The Morgan fingerprint density at radius 1 is 1.35 bits per heavy atom. The molecule has 108 valence electrons. The summed E-state index contributed by atoms with van der Waals surface area (Å²) in [5.41, 5.74) is 1.04. The van der Waals surface area contributed by atoms with Gasteiger partial charge in [0, 0.05) is 17.9 Å². The van der Waals surface area contributed by atoms with E-state index in [-0.39, 0.29) is 6.61 Å². The van der Waals surface area contributed by atoms with E-state index in [1.807, 2.05) is 11.5 Å². The summed E-state index contributed by atoms with van der Waals surface area (Å²) in [7, 11) is 0. The Kier molecular flexibility index (Phi) is 5.14. The van der Waals surface area contributed by atoms with Crippen LogP contribution in [0.4, 0.5) is 8.78 Å². The summed E-state index contributed by atoms with van der Waals surface area (Å²) in [6.07, 6.45) is 2.52. The Labute approximate surface area is 120 Å². The third kappa shape index (κ3) is 3.19. The highest BCUT2D eigenvalue weighted by Gasteiger charge is 2.12. The Balaban J connectivity index is 2.14. The van der Waals surface area contributed by atoms with Crippen molar-refractivity contribution in [3.05, 3.63) is 47.3 Å². The molecule has 0 bridgehead atoms. The Bertz CT molecular complexity index is 587. The molecule has 1 aromatic heterocycles. The molecule has 0 spiro atoms. The molecule has 0 amide bonds. The van der Waals surface area contributed by atoms with Crippen LogP contribution in [0.3, 0.4) is 0 Å². The topological polar surface area (TPSA) is 38.0 Å². The van der Waals surface area contributed by atoms with E-state index >= 15 is 0 Å². The molecule has 0 saturated carbocycles. The molecule has 0 aliphatic heterocycles. The molecule has 0 saturated heterocycles. The van der Waals surface area contributed by atoms with E-state index < -0.39 is 11.6 Å². The summed E-state index contributed by atoms with van der Waals surface area (Å²) in [6.45, 7) is 2.69. The van der Waals surface area contributed by atoms with Gasteiger partial charge in [-0.2, -0.15) is 0 Å². The zero-order valence-electron chi connectivity index (χ0n) is 11.1. The van der Waals surface area contributed by atoms with Crippen molar-refractivity contribution >= 4 is 11.8 Å². The summed E-state index contributed by atoms with van der Waals surface area (Å²) < 4.78 is 28.6. The second-order valence-corrected chi connectivity index (χ2v) is 5.29. The van der Waals surface area contributed by atoms with Crippen LogP contribution in [0.25, 0.3) is 0 Å². The van der Waals surface area contributed by atoms with Crippen molar-refractivity contribution in [1.29, 1.82) is 0 Å². The van der Waals surface area contributed by atoms with Crippen molar-refractivity contribution in [3.63, 3.8) is 0 Å². The van der Waals surface area contributed by atoms with Gasteiger partial charge in [-0.1, -0.05) is 30.8 Å². The Hall–Kier alpha value is -1.40. The van der Waals surface area contributed by atoms with Crippen LogP contribution >= 0.6 is 11.8 Å². The van der Waals surface area contributed by atoms with Gasteiger partial charge >= 0.3 is 0 Å². The van der Waals surface area contributed by atoms with Crippen molar-refractivity contribution in [3.8, 4) is 0 Å². The minimum absolute atomic E-state index is 0.0815. The van der Waals surface area contributed by atoms with Crippen molar-refractivity contribution in [2.75, 3.05) is 0 Å². The molecule has 0 aliphatic rings. The third-order valence-electron chi connectivity index (χ3n) is 2.90. The third-order valence-corrected chi connectivity index (χ3v) is 3.94. The number of aromatic nitrogens is 2. The Morgan fingerprint density at radius 3 is 2.85 bits per heavy atom. The number of benzene rings is 1. The molecule has 0 radical (unpaired) electrons. The van der Waals surface area contributed by atoms with Gasteiger partial charge in [-0.15, -0.1) is 0 Å². The summed E-state index contributed by atoms with van der Waals surface area (Å²) in [5, 5.41) is 9.95. The van der Waals surface area contributed by atoms with E-state index in [4.69, 9.17) is 0 Å². The van der Waals surface area contributed by atoms with Gasteiger partial charge in [0.2, 0.25) is 0 Å². The number of aliphatic hydroxyl groups is 1.